The van der Waals surface area contributed by atoms with Gasteiger partial charge in [-0.15, -0.1) is 0 Å². The molecule has 0 atom stereocenters. The van der Waals surface area contributed by atoms with Gasteiger partial charge in [-0.2, -0.15) is 0 Å². The van der Waals surface area contributed by atoms with E-state index in [1.54, 1.807) is 18.5 Å². The molecule has 3 aromatic rings. The van der Waals surface area contributed by atoms with Crippen LogP contribution in [0.4, 0.5) is 0 Å². The van der Waals surface area contributed by atoms with E-state index in [0.29, 0.717) is 0 Å². The monoisotopic (exact) mass is 322 g/mol. The van der Waals surface area contributed by atoms with Gasteiger partial charge in [0.05, 0.1) is 16.7 Å². The minimum Gasteiger partial charge on any atom is -0.508 e. The first-order chi connectivity index (χ1) is 11.4. The molecule has 0 unspecified atom stereocenters. The van der Waals surface area contributed by atoms with Crippen LogP contribution < -0.4 is 0 Å². The Morgan fingerprint density at radius 2 is 1.92 bits per heavy atom. The molecule has 2 aromatic carbocycles. The van der Waals surface area contributed by atoms with Crippen molar-refractivity contribution in [3.63, 3.8) is 0 Å². The average Bonchev–Trinajstić information content (AvgIpc) is 2.98. The second-order valence-electron chi connectivity index (χ2n) is 6.42. The molecule has 0 saturated heterocycles. The molecule has 126 valence electrons. The number of aromatic hydroxyl groups is 1. The summed E-state index contributed by atoms with van der Waals surface area (Å²) in [5, 5.41) is 9.56. The van der Waals surface area contributed by atoms with E-state index in [0.717, 1.165) is 33.8 Å². The van der Waals surface area contributed by atoms with Crippen molar-refractivity contribution in [1.82, 2.24) is 9.55 Å². The fourth-order valence-electron chi connectivity index (χ4n) is 2.13. The molecule has 0 bridgehead atoms. The van der Waals surface area contributed by atoms with Gasteiger partial charge in [0.25, 0.3) is 0 Å². The fraction of sp³-hybridized carbons (Fsp3) is 0.286. The van der Waals surface area contributed by atoms with E-state index in [1.165, 1.54) is 6.42 Å². The van der Waals surface area contributed by atoms with Gasteiger partial charge in [-0.25, -0.2) is 4.98 Å². The van der Waals surface area contributed by atoms with Gasteiger partial charge in [0.15, 0.2) is 0 Å². The normalized spacial score (nSPS) is 10.5. The topological polar surface area (TPSA) is 38.0 Å². The Hall–Kier alpha value is -2.55. The van der Waals surface area contributed by atoms with Crippen LogP contribution in [0.2, 0.25) is 0 Å². The van der Waals surface area contributed by atoms with E-state index in [2.05, 4.69) is 32.3 Å². The number of imidazole rings is 1. The number of rotatable bonds is 3. The summed E-state index contributed by atoms with van der Waals surface area (Å²) >= 11 is 0. The Bertz CT molecular complexity index is 831. The van der Waals surface area contributed by atoms with Gasteiger partial charge in [0.1, 0.15) is 12.1 Å². The predicted octanol–water partition coefficient (Wildman–Crippen LogP) is 5.82. The first-order valence-corrected chi connectivity index (χ1v) is 8.34. The molecule has 0 saturated carbocycles. The number of hydrogen-bond acceptors (Lipinski definition) is 2. The second kappa shape index (κ2) is 7.82. The minimum atomic E-state index is 0.248. The highest BCUT2D eigenvalue weighted by Crippen LogP contribution is 2.23. The maximum atomic E-state index is 9.56. The highest BCUT2D eigenvalue weighted by Gasteiger charge is 2.06. The molecule has 1 heterocycles. The first kappa shape index (κ1) is 17.8. The standard InChI is InChI=1S/C16H14N2O.C5H12/c1-11(2)12-6-7-16-15(8-12)17-10-18(16)13-4-3-5-14(19)9-13;1-4-5(2)3/h3-10,19H,1H2,2H3;5H,4H2,1-3H3. The molecular weight excluding hydrogens is 296 g/mol. The Labute approximate surface area is 144 Å². The average molecular weight is 322 g/mol. The predicted molar refractivity (Wildman–Crippen MR) is 103 cm³/mol. The zero-order valence-electron chi connectivity index (χ0n) is 15.0. The summed E-state index contributed by atoms with van der Waals surface area (Å²) in [5.41, 5.74) is 4.94. The Balaban J connectivity index is 0.000000368. The molecule has 3 heteroatoms. The summed E-state index contributed by atoms with van der Waals surface area (Å²) in [6.07, 6.45) is 3.07. The molecule has 0 aliphatic rings. The largest absolute Gasteiger partial charge is 0.508 e. The smallest absolute Gasteiger partial charge is 0.117 e. The van der Waals surface area contributed by atoms with Crippen molar-refractivity contribution in [2.45, 2.75) is 34.1 Å². The van der Waals surface area contributed by atoms with Crippen LogP contribution in [-0.4, -0.2) is 14.7 Å². The molecule has 0 radical (unpaired) electrons. The molecule has 0 aliphatic heterocycles. The number of hydrogen-bond donors (Lipinski definition) is 1. The number of aromatic nitrogens is 2. The Morgan fingerprint density at radius 1 is 1.21 bits per heavy atom. The van der Waals surface area contributed by atoms with Gasteiger partial charge in [0.2, 0.25) is 0 Å². The number of benzene rings is 2. The zero-order chi connectivity index (χ0) is 17.7. The lowest BCUT2D eigenvalue weighted by Crippen LogP contribution is -1.91. The molecule has 1 aromatic heterocycles. The van der Waals surface area contributed by atoms with Crippen molar-refractivity contribution < 1.29 is 5.11 Å². The summed E-state index contributed by atoms with van der Waals surface area (Å²) in [6, 6.07) is 13.2. The Morgan fingerprint density at radius 3 is 2.50 bits per heavy atom. The number of fused-ring (bicyclic) bond motifs is 1. The molecule has 3 rings (SSSR count). The summed E-state index contributed by atoms with van der Waals surface area (Å²) in [5.74, 6) is 1.13. The molecule has 0 amide bonds. The molecule has 24 heavy (non-hydrogen) atoms. The zero-order valence-corrected chi connectivity index (χ0v) is 15.0. The van der Waals surface area contributed by atoms with Gasteiger partial charge >= 0.3 is 0 Å². The van der Waals surface area contributed by atoms with Gasteiger partial charge in [-0.1, -0.05) is 51.5 Å². The van der Waals surface area contributed by atoms with E-state index in [4.69, 9.17) is 0 Å². The third-order valence-corrected chi connectivity index (χ3v) is 3.96. The van der Waals surface area contributed by atoms with Crippen LogP contribution in [0.1, 0.15) is 39.7 Å². The van der Waals surface area contributed by atoms with Gasteiger partial charge < -0.3 is 5.11 Å². The molecular formula is C21H26N2O. The number of phenolic OH excluding ortho intramolecular Hbond substituents is 1. The third-order valence-electron chi connectivity index (χ3n) is 3.96. The highest BCUT2D eigenvalue weighted by molar-refractivity contribution is 5.81. The molecule has 0 fully saturated rings. The van der Waals surface area contributed by atoms with Crippen molar-refractivity contribution >= 4 is 16.6 Å². The lowest BCUT2D eigenvalue weighted by molar-refractivity contribution is 0.475. The number of allylic oxidation sites excluding steroid dienone is 1. The van der Waals surface area contributed by atoms with E-state index in [9.17, 15) is 5.11 Å². The van der Waals surface area contributed by atoms with Crippen LogP contribution in [0.15, 0.2) is 55.4 Å². The van der Waals surface area contributed by atoms with E-state index in [1.807, 2.05) is 41.8 Å². The summed E-state index contributed by atoms with van der Waals surface area (Å²) in [4.78, 5) is 4.41. The first-order valence-electron chi connectivity index (χ1n) is 8.34. The van der Waals surface area contributed by atoms with Crippen molar-refractivity contribution in [2.24, 2.45) is 5.92 Å². The van der Waals surface area contributed by atoms with Crippen LogP contribution in [0, 0.1) is 5.92 Å². The Kier molecular flexibility index (Phi) is 5.80. The van der Waals surface area contributed by atoms with Crippen LogP contribution in [-0.2, 0) is 0 Å². The van der Waals surface area contributed by atoms with Crippen molar-refractivity contribution in [1.29, 1.82) is 0 Å². The number of nitrogens with zero attached hydrogens (tertiary/aromatic N) is 2. The van der Waals surface area contributed by atoms with Crippen molar-refractivity contribution in [3.05, 3.63) is 60.9 Å². The van der Waals surface area contributed by atoms with Crippen LogP contribution in [0.25, 0.3) is 22.3 Å². The van der Waals surface area contributed by atoms with E-state index >= 15 is 0 Å². The van der Waals surface area contributed by atoms with Gasteiger partial charge in [0, 0.05) is 6.07 Å². The molecule has 0 aliphatic carbocycles. The van der Waals surface area contributed by atoms with Gasteiger partial charge in [-0.3, -0.25) is 4.57 Å². The lowest BCUT2D eigenvalue weighted by atomic mass is 10.1. The van der Waals surface area contributed by atoms with Crippen LogP contribution >= 0.6 is 0 Å². The summed E-state index contributed by atoms with van der Waals surface area (Å²) in [6.45, 7) is 12.6. The van der Waals surface area contributed by atoms with Crippen molar-refractivity contribution in [2.75, 3.05) is 0 Å². The minimum absolute atomic E-state index is 0.248. The highest BCUT2D eigenvalue weighted by atomic mass is 16.3. The molecule has 3 nitrogen and oxygen atoms in total. The quantitative estimate of drug-likeness (QED) is 0.660. The van der Waals surface area contributed by atoms with Crippen molar-refractivity contribution in [3.8, 4) is 11.4 Å². The lowest BCUT2D eigenvalue weighted by Gasteiger charge is -2.05. The van der Waals surface area contributed by atoms with Crippen LogP contribution in [0.5, 0.6) is 5.75 Å². The molecule has 1 N–H and O–H groups in total. The second-order valence-corrected chi connectivity index (χ2v) is 6.42. The van der Waals surface area contributed by atoms with Crippen LogP contribution in [0.3, 0.4) is 0 Å². The molecule has 0 spiro atoms. The third kappa shape index (κ3) is 4.25. The summed E-state index contributed by atoms with van der Waals surface area (Å²) in [7, 11) is 0. The maximum absolute atomic E-state index is 9.56. The van der Waals surface area contributed by atoms with E-state index in [-0.39, 0.29) is 5.75 Å². The van der Waals surface area contributed by atoms with Gasteiger partial charge in [-0.05, 0) is 42.7 Å². The maximum Gasteiger partial charge on any atom is 0.117 e. The van der Waals surface area contributed by atoms with E-state index < -0.39 is 0 Å². The summed E-state index contributed by atoms with van der Waals surface area (Å²) < 4.78 is 1.96. The number of phenols is 1. The SMILES string of the molecule is C=C(C)c1ccc2c(c1)ncn2-c1cccc(O)c1.CCC(C)C. The fourth-order valence-corrected chi connectivity index (χ4v) is 2.13.